The first-order chi connectivity index (χ1) is 8.48. The average molecular weight is 312 g/mol. The number of H-pyrrole nitrogens is 1. The van der Waals surface area contributed by atoms with Gasteiger partial charge in [-0.25, -0.2) is 8.42 Å². The van der Waals surface area contributed by atoms with E-state index in [4.69, 9.17) is 11.6 Å². The summed E-state index contributed by atoms with van der Waals surface area (Å²) >= 11 is 7.34. The Balaban J connectivity index is 3.06. The molecule has 5 nitrogen and oxygen atoms in total. The molecule has 104 valence electrons. The van der Waals surface area contributed by atoms with Crippen LogP contribution >= 0.6 is 23.4 Å². The van der Waals surface area contributed by atoms with E-state index in [0.717, 1.165) is 12.2 Å². The molecule has 1 rings (SSSR count). The molecule has 1 atom stereocenters. The van der Waals surface area contributed by atoms with Gasteiger partial charge in [0.2, 0.25) is 0 Å². The molecule has 0 amide bonds. The Morgan fingerprint density at radius 3 is 2.78 bits per heavy atom. The second-order valence-corrected chi connectivity index (χ2v) is 7.01. The van der Waals surface area contributed by atoms with Gasteiger partial charge in [-0.15, -0.1) is 11.6 Å². The molecule has 0 aliphatic heterocycles. The maximum atomic E-state index is 12.4. The summed E-state index contributed by atoms with van der Waals surface area (Å²) in [5, 5.41) is 6.38. The van der Waals surface area contributed by atoms with E-state index in [-0.39, 0.29) is 16.9 Å². The predicted octanol–water partition coefficient (Wildman–Crippen LogP) is 1.91. The Labute approximate surface area is 117 Å². The van der Waals surface area contributed by atoms with E-state index in [2.05, 4.69) is 10.2 Å². The molecule has 1 unspecified atom stereocenters. The third-order valence-electron chi connectivity index (χ3n) is 2.80. The van der Waals surface area contributed by atoms with Gasteiger partial charge >= 0.3 is 0 Å². The van der Waals surface area contributed by atoms with Crippen molar-refractivity contribution in [1.82, 2.24) is 14.5 Å². The van der Waals surface area contributed by atoms with E-state index in [1.807, 2.05) is 13.2 Å². The van der Waals surface area contributed by atoms with E-state index in [9.17, 15) is 8.42 Å². The van der Waals surface area contributed by atoms with Crippen LogP contribution in [0, 0.1) is 0 Å². The van der Waals surface area contributed by atoms with Crippen molar-refractivity contribution < 1.29 is 8.42 Å². The monoisotopic (exact) mass is 311 g/mol. The van der Waals surface area contributed by atoms with Gasteiger partial charge < -0.3 is 0 Å². The summed E-state index contributed by atoms with van der Waals surface area (Å²) in [7, 11) is -1.96. The molecule has 0 fully saturated rings. The van der Waals surface area contributed by atoms with Gasteiger partial charge in [-0.05, 0) is 12.7 Å². The van der Waals surface area contributed by atoms with E-state index in [1.54, 1.807) is 18.8 Å². The van der Waals surface area contributed by atoms with Crippen molar-refractivity contribution in [1.29, 1.82) is 0 Å². The van der Waals surface area contributed by atoms with Gasteiger partial charge in [-0.2, -0.15) is 21.2 Å². The molecule has 1 heterocycles. The number of nitrogens with one attached hydrogen (secondary N) is 1. The summed E-state index contributed by atoms with van der Waals surface area (Å²) in [6.07, 6.45) is 4.17. The second-order valence-electron chi connectivity index (χ2n) is 3.90. The highest BCUT2D eigenvalue weighted by Gasteiger charge is 2.30. The highest BCUT2D eigenvalue weighted by molar-refractivity contribution is 7.98. The summed E-state index contributed by atoms with van der Waals surface area (Å²) in [6, 6.07) is -0.0310. The highest BCUT2D eigenvalue weighted by atomic mass is 35.5. The number of halogens is 1. The fourth-order valence-corrected chi connectivity index (χ4v) is 4.38. The first-order valence-electron chi connectivity index (χ1n) is 5.54. The molecule has 1 N–H and O–H groups in total. The third kappa shape index (κ3) is 3.20. The molecular weight excluding hydrogens is 294 g/mol. The zero-order chi connectivity index (χ0) is 13.8. The van der Waals surface area contributed by atoms with Gasteiger partial charge in [0, 0.05) is 24.4 Å². The van der Waals surface area contributed by atoms with E-state index >= 15 is 0 Å². The standard InChI is InChI=1S/C10H18ClN3O2S2/c1-4-9(7-17-3)14(2)18(15,16)10-8(5-11)6-12-13-10/h6,9H,4-5,7H2,1-3H3,(H,12,13). The fourth-order valence-electron chi connectivity index (χ4n) is 1.63. The van der Waals surface area contributed by atoms with Crippen LogP contribution in [-0.2, 0) is 15.9 Å². The fraction of sp³-hybridized carbons (Fsp3) is 0.700. The van der Waals surface area contributed by atoms with Crippen LogP contribution in [0.2, 0.25) is 0 Å². The van der Waals surface area contributed by atoms with E-state index < -0.39 is 10.0 Å². The molecule has 0 radical (unpaired) electrons. The quantitative estimate of drug-likeness (QED) is 0.781. The minimum absolute atomic E-state index is 0.0310. The number of aromatic nitrogens is 2. The van der Waals surface area contributed by atoms with Gasteiger partial charge in [-0.1, -0.05) is 6.92 Å². The normalized spacial score (nSPS) is 14.1. The first-order valence-corrected chi connectivity index (χ1v) is 8.91. The van der Waals surface area contributed by atoms with Crippen LogP contribution in [0.3, 0.4) is 0 Å². The average Bonchev–Trinajstić information content (AvgIpc) is 2.84. The molecule has 8 heteroatoms. The summed E-state index contributed by atoms with van der Waals surface area (Å²) in [5.74, 6) is 0.884. The molecule has 0 saturated carbocycles. The smallest absolute Gasteiger partial charge is 0.260 e. The highest BCUT2D eigenvalue weighted by Crippen LogP contribution is 2.21. The van der Waals surface area contributed by atoms with Crippen molar-refractivity contribution in [3.05, 3.63) is 11.8 Å². The zero-order valence-corrected chi connectivity index (χ0v) is 13.1. The molecule has 0 spiro atoms. The predicted molar refractivity (Wildman–Crippen MR) is 75.6 cm³/mol. The molecule has 1 aromatic rings. The SMILES string of the molecule is CCC(CSC)N(C)S(=O)(=O)c1[nH]ncc1CCl. The van der Waals surface area contributed by atoms with Crippen LogP contribution in [0.5, 0.6) is 0 Å². The molecule has 0 aliphatic rings. The molecule has 0 aliphatic carbocycles. The topological polar surface area (TPSA) is 66.1 Å². The van der Waals surface area contributed by atoms with E-state index in [0.29, 0.717) is 5.56 Å². The van der Waals surface area contributed by atoms with Crippen molar-refractivity contribution >= 4 is 33.4 Å². The van der Waals surface area contributed by atoms with Crippen molar-refractivity contribution in [2.75, 3.05) is 19.1 Å². The molecule has 0 bridgehead atoms. The lowest BCUT2D eigenvalue weighted by Crippen LogP contribution is -2.38. The number of hydrogen-bond donors (Lipinski definition) is 1. The largest absolute Gasteiger partial charge is 0.266 e. The lowest BCUT2D eigenvalue weighted by atomic mass is 10.3. The van der Waals surface area contributed by atoms with Crippen molar-refractivity contribution in [3.63, 3.8) is 0 Å². The number of rotatable bonds is 7. The summed E-state index contributed by atoms with van der Waals surface area (Å²) in [4.78, 5) is 0. The molecular formula is C10H18ClN3O2S2. The maximum absolute atomic E-state index is 12.4. The summed E-state index contributed by atoms with van der Waals surface area (Å²) in [5.41, 5.74) is 0.502. The first kappa shape index (κ1) is 15.8. The van der Waals surface area contributed by atoms with Crippen molar-refractivity contribution in [2.24, 2.45) is 0 Å². The zero-order valence-electron chi connectivity index (χ0n) is 10.7. The lowest BCUT2D eigenvalue weighted by molar-refractivity contribution is 0.383. The minimum Gasteiger partial charge on any atom is -0.266 e. The van der Waals surface area contributed by atoms with Crippen molar-refractivity contribution in [2.45, 2.75) is 30.3 Å². The van der Waals surface area contributed by atoms with Crippen molar-refractivity contribution in [3.8, 4) is 0 Å². The number of sulfonamides is 1. The number of thioether (sulfide) groups is 1. The van der Waals surface area contributed by atoms with E-state index in [1.165, 1.54) is 10.5 Å². The second kappa shape index (κ2) is 6.79. The molecule has 1 aromatic heterocycles. The molecule has 0 aromatic carbocycles. The minimum atomic E-state index is -3.55. The Morgan fingerprint density at radius 1 is 1.61 bits per heavy atom. The number of alkyl halides is 1. The Bertz CT molecular complexity index is 475. The summed E-state index contributed by atoms with van der Waals surface area (Å²) < 4.78 is 26.3. The van der Waals surface area contributed by atoms with Crippen LogP contribution in [0.4, 0.5) is 0 Å². The number of nitrogens with zero attached hydrogens (tertiary/aromatic N) is 2. The summed E-state index contributed by atoms with van der Waals surface area (Å²) in [6.45, 7) is 1.97. The maximum Gasteiger partial charge on any atom is 0.260 e. The Hall–Kier alpha value is -0.240. The number of aromatic amines is 1. The Morgan fingerprint density at radius 2 is 2.28 bits per heavy atom. The van der Waals surface area contributed by atoms with Gasteiger partial charge in [0.25, 0.3) is 10.0 Å². The van der Waals surface area contributed by atoms with Gasteiger partial charge in [0.15, 0.2) is 5.03 Å². The van der Waals surface area contributed by atoms with Gasteiger partial charge in [0.1, 0.15) is 0 Å². The van der Waals surface area contributed by atoms with Crippen LogP contribution in [0.15, 0.2) is 11.2 Å². The Kier molecular flexibility index (Phi) is 5.97. The molecule has 0 saturated heterocycles. The third-order valence-corrected chi connectivity index (χ3v) is 5.74. The molecule has 18 heavy (non-hydrogen) atoms. The number of hydrogen-bond acceptors (Lipinski definition) is 4. The van der Waals surface area contributed by atoms with Gasteiger partial charge in [0.05, 0.1) is 12.1 Å². The van der Waals surface area contributed by atoms with Crippen LogP contribution in [-0.4, -0.2) is 48.0 Å². The van der Waals surface area contributed by atoms with Gasteiger partial charge in [-0.3, -0.25) is 5.10 Å². The van der Waals surface area contributed by atoms with Crippen LogP contribution in [0.25, 0.3) is 0 Å². The van der Waals surface area contributed by atoms with Crippen LogP contribution < -0.4 is 0 Å². The lowest BCUT2D eigenvalue weighted by Gasteiger charge is -2.25. The van der Waals surface area contributed by atoms with Crippen LogP contribution in [0.1, 0.15) is 18.9 Å².